The summed E-state index contributed by atoms with van der Waals surface area (Å²) in [5.41, 5.74) is 0. The maximum absolute atomic E-state index is 10.6. The molecular formula is C6H10O3. The molecular weight excluding hydrogens is 120 g/mol. The molecule has 1 aliphatic heterocycles. The van der Waals surface area contributed by atoms with Crippen LogP contribution in [0.1, 0.15) is 13.3 Å². The van der Waals surface area contributed by atoms with E-state index >= 15 is 0 Å². The lowest BCUT2D eigenvalue weighted by atomic mass is 10.3. The van der Waals surface area contributed by atoms with E-state index in [1.165, 1.54) is 0 Å². The Morgan fingerprint density at radius 1 is 1.89 bits per heavy atom. The Bertz CT molecular complexity index is 107. The number of rotatable bonds is 3. The molecule has 0 N–H and O–H groups in total. The summed E-state index contributed by atoms with van der Waals surface area (Å²) < 4.78 is 9.50. The van der Waals surface area contributed by atoms with Gasteiger partial charge in [0, 0.05) is 0 Å². The Kier molecular flexibility index (Phi) is 2.05. The van der Waals surface area contributed by atoms with Crippen LogP contribution in [-0.2, 0) is 14.3 Å². The van der Waals surface area contributed by atoms with Crippen LogP contribution in [0.25, 0.3) is 0 Å². The van der Waals surface area contributed by atoms with Gasteiger partial charge in [-0.25, -0.2) is 0 Å². The normalized spacial score (nSPS) is 23.4. The summed E-state index contributed by atoms with van der Waals surface area (Å²) in [5, 5.41) is 0. The minimum Gasteiger partial charge on any atom is -0.466 e. The highest BCUT2D eigenvalue weighted by Crippen LogP contribution is 2.13. The van der Waals surface area contributed by atoms with Gasteiger partial charge in [0.05, 0.1) is 25.7 Å². The number of hydrogen-bond acceptors (Lipinski definition) is 3. The van der Waals surface area contributed by atoms with E-state index < -0.39 is 0 Å². The fraction of sp³-hybridized carbons (Fsp3) is 0.833. The topological polar surface area (TPSA) is 38.8 Å². The van der Waals surface area contributed by atoms with E-state index in [4.69, 9.17) is 4.74 Å². The maximum atomic E-state index is 10.6. The zero-order chi connectivity index (χ0) is 6.69. The van der Waals surface area contributed by atoms with Gasteiger partial charge in [0.25, 0.3) is 0 Å². The predicted molar refractivity (Wildman–Crippen MR) is 31.0 cm³/mol. The molecule has 0 saturated carbocycles. The van der Waals surface area contributed by atoms with E-state index in [1.807, 2.05) is 0 Å². The van der Waals surface area contributed by atoms with E-state index in [9.17, 15) is 4.79 Å². The summed E-state index contributed by atoms with van der Waals surface area (Å²) in [6.07, 6.45) is 0.581. The number of carbonyl (C=O) groups excluding carboxylic acids is 1. The highest BCUT2D eigenvalue weighted by atomic mass is 16.6. The van der Waals surface area contributed by atoms with E-state index in [1.54, 1.807) is 6.92 Å². The summed E-state index contributed by atoms with van der Waals surface area (Å²) in [7, 11) is 0. The summed E-state index contributed by atoms with van der Waals surface area (Å²) in [5.74, 6) is -0.153. The molecule has 1 aliphatic rings. The smallest absolute Gasteiger partial charge is 0.308 e. The lowest BCUT2D eigenvalue weighted by Crippen LogP contribution is -2.06. The summed E-state index contributed by atoms with van der Waals surface area (Å²) in [6, 6.07) is 0. The standard InChI is InChI=1S/C6H10O3/c1-2-8-6(7)3-5-4-9-5/h5H,2-4H2,1H3. The van der Waals surface area contributed by atoms with Crippen molar-refractivity contribution in [3.05, 3.63) is 0 Å². The lowest BCUT2D eigenvalue weighted by molar-refractivity contribution is -0.143. The van der Waals surface area contributed by atoms with Gasteiger partial charge in [-0.3, -0.25) is 4.79 Å². The fourth-order valence-electron chi connectivity index (χ4n) is 0.592. The molecule has 3 heteroatoms. The lowest BCUT2D eigenvalue weighted by Gasteiger charge is -1.96. The van der Waals surface area contributed by atoms with Crippen molar-refractivity contribution in [1.29, 1.82) is 0 Å². The van der Waals surface area contributed by atoms with Crippen LogP contribution in [0, 0.1) is 0 Å². The minimum atomic E-state index is -0.153. The Morgan fingerprint density at radius 2 is 2.56 bits per heavy atom. The summed E-state index contributed by atoms with van der Waals surface area (Å²) >= 11 is 0. The maximum Gasteiger partial charge on any atom is 0.308 e. The van der Waals surface area contributed by atoms with Crippen molar-refractivity contribution in [3.8, 4) is 0 Å². The number of ether oxygens (including phenoxy) is 2. The molecule has 0 bridgehead atoms. The van der Waals surface area contributed by atoms with Crippen LogP contribution in [0.15, 0.2) is 0 Å². The van der Waals surface area contributed by atoms with Gasteiger partial charge in [0.2, 0.25) is 0 Å². The Labute approximate surface area is 53.9 Å². The van der Waals surface area contributed by atoms with Gasteiger partial charge < -0.3 is 9.47 Å². The van der Waals surface area contributed by atoms with Crippen molar-refractivity contribution in [2.75, 3.05) is 13.2 Å². The second-order valence-electron chi connectivity index (χ2n) is 1.96. The van der Waals surface area contributed by atoms with Crippen molar-refractivity contribution in [3.63, 3.8) is 0 Å². The number of carbonyl (C=O) groups is 1. The SMILES string of the molecule is CCOC(=O)CC1CO1. The highest BCUT2D eigenvalue weighted by molar-refractivity contribution is 5.70. The zero-order valence-corrected chi connectivity index (χ0v) is 5.42. The van der Waals surface area contributed by atoms with Crippen LogP contribution in [0.5, 0.6) is 0 Å². The van der Waals surface area contributed by atoms with Crippen molar-refractivity contribution < 1.29 is 14.3 Å². The Hall–Kier alpha value is -0.570. The predicted octanol–water partition coefficient (Wildman–Crippen LogP) is 0.338. The molecule has 0 aliphatic carbocycles. The molecule has 3 nitrogen and oxygen atoms in total. The molecule has 1 fully saturated rings. The van der Waals surface area contributed by atoms with Gasteiger partial charge in [-0.2, -0.15) is 0 Å². The quantitative estimate of drug-likeness (QED) is 0.408. The van der Waals surface area contributed by atoms with E-state index in [2.05, 4.69) is 4.74 Å². The molecule has 52 valence electrons. The monoisotopic (exact) mass is 130 g/mol. The summed E-state index contributed by atoms with van der Waals surface area (Å²) in [6.45, 7) is 2.98. The molecule has 0 aromatic carbocycles. The van der Waals surface area contributed by atoms with Gasteiger partial charge in [-0.15, -0.1) is 0 Å². The molecule has 1 rings (SSSR count). The first kappa shape index (κ1) is 6.55. The minimum absolute atomic E-state index is 0.153. The molecule has 1 saturated heterocycles. The number of epoxide rings is 1. The van der Waals surface area contributed by atoms with Crippen LogP contribution >= 0.6 is 0 Å². The fourth-order valence-corrected chi connectivity index (χ4v) is 0.592. The first-order valence-electron chi connectivity index (χ1n) is 3.10. The number of hydrogen-bond donors (Lipinski definition) is 0. The van der Waals surface area contributed by atoms with Crippen LogP contribution in [0.3, 0.4) is 0 Å². The van der Waals surface area contributed by atoms with Crippen molar-refractivity contribution >= 4 is 5.97 Å². The third kappa shape index (κ3) is 2.46. The summed E-state index contributed by atoms with van der Waals surface area (Å²) in [4.78, 5) is 10.6. The zero-order valence-electron chi connectivity index (χ0n) is 5.42. The second-order valence-corrected chi connectivity index (χ2v) is 1.96. The first-order valence-corrected chi connectivity index (χ1v) is 3.10. The van der Waals surface area contributed by atoms with Gasteiger partial charge in [0.1, 0.15) is 0 Å². The Balaban J connectivity index is 2.02. The molecule has 0 amide bonds. The molecule has 0 spiro atoms. The molecule has 1 atom stereocenters. The first-order chi connectivity index (χ1) is 4.33. The van der Waals surface area contributed by atoms with Gasteiger partial charge in [0.15, 0.2) is 0 Å². The Morgan fingerprint density at radius 3 is 3.00 bits per heavy atom. The molecule has 1 unspecified atom stereocenters. The molecule has 0 aromatic rings. The third-order valence-electron chi connectivity index (χ3n) is 1.10. The van der Waals surface area contributed by atoms with Gasteiger partial charge in [-0.05, 0) is 6.92 Å². The van der Waals surface area contributed by atoms with Crippen molar-refractivity contribution in [2.45, 2.75) is 19.4 Å². The van der Waals surface area contributed by atoms with E-state index in [0.29, 0.717) is 13.0 Å². The average Bonchev–Trinajstić information content (AvgIpc) is 2.50. The van der Waals surface area contributed by atoms with Crippen LogP contribution in [-0.4, -0.2) is 25.3 Å². The average molecular weight is 130 g/mol. The van der Waals surface area contributed by atoms with E-state index in [-0.39, 0.29) is 12.1 Å². The number of esters is 1. The van der Waals surface area contributed by atoms with Gasteiger partial charge in [-0.1, -0.05) is 0 Å². The third-order valence-corrected chi connectivity index (χ3v) is 1.10. The van der Waals surface area contributed by atoms with Crippen LogP contribution in [0.4, 0.5) is 0 Å². The molecule has 0 radical (unpaired) electrons. The van der Waals surface area contributed by atoms with Crippen molar-refractivity contribution in [2.24, 2.45) is 0 Å². The van der Waals surface area contributed by atoms with Crippen molar-refractivity contribution in [1.82, 2.24) is 0 Å². The largest absolute Gasteiger partial charge is 0.466 e. The van der Waals surface area contributed by atoms with Crippen LogP contribution in [0.2, 0.25) is 0 Å². The molecule has 0 aromatic heterocycles. The van der Waals surface area contributed by atoms with Gasteiger partial charge >= 0.3 is 5.97 Å². The molecule has 9 heavy (non-hydrogen) atoms. The second kappa shape index (κ2) is 2.82. The highest BCUT2D eigenvalue weighted by Gasteiger charge is 2.25. The van der Waals surface area contributed by atoms with E-state index in [0.717, 1.165) is 6.61 Å². The van der Waals surface area contributed by atoms with Crippen LogP contribution < -0.4 is 0 Å². The molecule has 1 heterocycles.